The number of nitrogens with two attached hydrogens (primary N) is 1. The van der Waals surface area contributed by atoms with Crippen LogP contribution in [-0.4, -0.2) is 26.0 Å². The molecule has 156 valence electrons. The van der Waals surface area contributed by atoms with Gasteiger partial charge in [0.1, 0.15) is 5.65 Å². The quantitative estimate of drug-likeness (QED) is 0.399. The van der Waals surface area contributed by atoms with Crippen LogP contribution in [0, 0.1) is 0 Å². The fourth-order valence-corrected chi connectivity index (χ4v) is 3.98. The highest BCUT2D eigenvalue weighted by Crippen LogP contribution is 2.35. The highest BCUT2D eigenvalue weighted by Gasteiger charge is 2.38. The zero-order valence-electron chi connectivity index (χ0n) is 17.1. The Bertz CT molecular complexity index is 1410. The van der Waals surface area contributed by atoms with E-state index in [1.165, 1.54) is 0 Å². The zero-order chi connectivity index (χ0) is 22.1. The van der Waals surface area contributed by atoms with Crippen LogP contribution in [0.5, 0.6) is 0 Å². The van der Waals surface area contributed by atoms with Gasteiger partial charge < -0.3 is 15.8 Å². The molecule has 2 aromatic carbocycles. The number of rotatable bonds is 5. The number of aromatic nitrogens is 3. The van der Waals surface area contributed by atoms with Crippen molar-refractivity contribution in [2.75, 3.05) is 0 Å². The lowest BCUT2D eigenvalue weighted by Crippen LogP contribution is -2.42. The molecule has 0 spiro atoms. The molecular weight excluding hydrogens is 400 g/mol. The van der Waals surface area contributed by atoms with Gasteiger partial charge in [0.15, 0.2) is 5.60 Å². The minimum absolute atomic E-state index is 0.402. The fourth-order valence-electron chi connectivity index (χ4n) is 3.98. The number of nitrogens with one attached hydrogen (secondary N) is 1. The van der Waals surface area contributed by atoms with Crippen molar-refractivity contribution in [2.45, 2.75) is 5.60 Å². The number of hydrogen-bond acceptors (Lipinski definition) is 4. The van der Waals surface area contributed by atoms with Gasteiger partial charge in [-0.1, -0.05) is 54.6 Å². The Morgan fingerprint density at radius 2 is 1.66 bits per heavy atom. The van der Waals surface area contributed by atoms with Crippen LogP contribution in [-0.2, 0) is 10.4 Å². The smallest absolute Gasteiger partial charge is 0.258 e. The average molecular weight is 420 g/mol. The number of nitrogens with zero attached hydrogens (tertiary/aromatic N) is 2. The van der Waals surface area contributed by atoms with Crippen LogP contribution in [0.3, 0.4) is 0 Å². The summed E-state index contributed by atoms with van der Waals surface area (Å²) < 4.78 is 0. The van der Waals surface area contributed by atoms with Crippen molar-refractivity contribution in [3.63, 3.8) is 0 Å². The number of amides is 1. The summed E-state index contributed by atoms with van der Waals surface area (Å²) in [5, 5.41) is 12.3. The van der Waals surface area contributed by atoms with Crippen LogP contribution < -0.4 is 5.73 Å². The Balaban J connectivity index is 1.64. The van der Waals surface area contributed by atoms with Crippen molar-refractivity contribution in [3.8, 4) is 22.3 Å². The Morgan fingerprint density at radius 1 is 0.875 bits per heavy atom. The molecule has 6 nitrogen and oxygen atoms in total. The molecule has 0 aliphatic rings. The van der Waals surface area contributed by atoms with Crippen LogP contribution in [0.1, 0.15) is 11.1 Å². The van der Waals surface area contributed by atoms with Gasteiger partial charge in [-0.05, 0) is 34.9 Å². The summed E-state index contributed by atoms with van der Waals surface area (Å²) in [6.45, 7) is 0. The molecule has 0 fully saturated rings. The molecule has 0 saturated heterocycles. The topological polar surface area (TPSA) is 105 Å². The van der Waals surface area contributed by atoms with Crippen LogP contribution in [0.2, 0.25) is 0 Å². The van der Waals surface area contributed by atoms with Crippen molar-refractivity contribution in [1.29, 1.82) is 0 Å². The summed E-state index contributed by atoms with van der Waals surface area (Å²) in [7, 11) is 0. The van der Waals surface area contributed by atoms with Gasteiger partial charge >= 0.3 is 0 Å². The number of aromatic amines is 1. The van der Waals surface area contributed by atoms with E-state index >= 15 is 0 Å². The van der Waals surface area contributed by atoms with E-state index in [-0.39, 0.29) is 0 Å². The van der Waals surface area contributed by atoms with Gasteiger partial charge in [0.05, 0.1) is 0 Å². The number of fused-ring (bicyclic) bond motifs is 1. The lowest BCUT2D eigenvalue weighted by atomic mass is 9.84. The van der Waals surface area contributed by atoms with Gasteiger partial charge in [-0.25, -0.2) is 4.98 Å². The van der Waals surface area contributed by atoms with Crippen molar-refractivity contribution < 1.29 is 9.90 Å². The Kier molecular flexibility index (Phi) is 4.77. The maximum atomic E-state index is 12.4. The molecule has 0 saturated carbocycles. The predicted molar refractivity (Wildman–Crippen MR) is 123 cm³/mol. The number of pyridine rings is 2. The van der Waals surface area contributed by atoms with E-state index < -0.39 is 11.5 Å². The molecule has 1 atom stereocenters. The fraction of sp³-hybridized carbons (Fsp3) is 0.0385. The van der Waals surface area contributed by atoms with Gasteiger partial charge in [-0.2, -0.15) is 0 Å². The second-order valence-corrected chi connectivity index (χ2v) is 7.59. The largest absolute Gasteiger partial charge is 0.372 e. The predicted octanol–water partition coefficient (Wildman–Crippen LogP) is 4.01. The summed E-state index contributed by atoms with van der Waals surface area (Å²) >= 11 is 0. The van der Waals surface area contributed by atoms with Crippen LogP contribution in [0.25, 0.3) is 33.3 Å². The second kappa shape index (κ2) is 7.76. The van der Waals surface area contributed by atoms with Crippen molar-refractivity contribution in [3.05, 3.63) is 109 Å². The highest BCUT2D eigenvalue weighted by atomic mass is 16.3. The molecule has 0 radical (unpaired) electrons. The van der Waals surface area contributed by atoms with E-state index in [4.69, 9.17) is 5.73 Å². The maximum Gasteiger partial charge on any atom is 0.258 e. The molecule has 3 heterocycles. The second-order valence-electron chi connectivity index (χ2n) is 7.59. The number of primary amides is 1. The van der Waals surface area contributed by atoms with Gasteiger partial charge in [-0.15, -0.1) is 0 Å². The standard InChI is InChI=1S/C26H20N4O2/c27-25(31)26(32,20-8-2-1-3-9-20)21-10-4-6-17(12-21)23-16-30-24-22(23)13-19(15-29-24)18-7-5-11-28-14-18/h1-16,32H,(H2,27,31)(H,29,30). The summed E-state index contributed by atoms with van der Waals surface area (Å²) in [5.41, 5.74) is 8.93. The molecule has 1 unspecified atom stereocenters. The SMILES string of the molecule is NC(=O)C(O)(c1ccccc1)c1cccc(-c2c[nH]c3ncc(-c4cccnc4)cc23)c1. The third-order valence-corrected chi connectivity index (χ3v) is 5.67. The molecule has 3 aromatic heterocycles. The monoisotopic (exact) mass is 420 g/mol. The van der Waals surface area contributed by atoms with Gasteiger partial charge in [0.2, 0.25) is 0 Å². The van der Waals surface area contributed by atoms with Crippen LogP contribution in [0.4, 0.5) is 0 Å². The lowest BCUT2D eigenvalue weighted by Gasteiger charge is -2.26. The summed E-state index contributed by atoms with van der Waals surface area (Å²) in [6, 6.07) is 21.9. The molecule has 1 amide bonds. The van der Waals surface area contributed by atoms with Crippen molar-refractivity contribution in [2.24, 2.45) is 5.73 Å². The van der Waals surface area contributed by atoms with Crippen LogP contribution in [0.15, 0.2) is 97.6 Å². The minimum atomic E-state index is -1.94. The van der Waals surface area contributed by atoms with E-state index in [1.54, 1.807) is 61.1 Å². The normalized spacial score (nSPS) is 13.0. The van der Waals surface area contributed by atoms with Crippen molar-refractivity contribution in [1.82, 2.24) is 15.0 Å². The average Bonchev–Trinajstić information content (AvgIpc) is 3.28. The third-order valence-electron chi connectivity index (χ3n) is 5.67. The number of carbonyl (C=O) groups is 1. The Hall–Kier alpha value is -4.29. The third kappa shape index (κ3) is 3.23. The first-order valence-corrected chi connectivity index (χ1v) is 10.1. The number of H-pyrrole nitrogens is 1. The maximum absolute atomic E-state index is 12.4. The first-order chi connectivity index (χ1) is 15.6. The summed E-state index contributed by atoms with van der Waals surface area (Å²) in [6.07, 6.45) is 7.20. The lowest BCUT2D eigenvalue weighted by molar-refractivity contribution is -0.133. The van der Waals surface area contributed by atoms with E-state index in [0.29, 0.717) is 11.1 Å². The first-order valence-electron chi connectivity index (χ1n) is 10.1. The number of hydrogen-bond donors (Lipinski definition) is 3. The molecule has 0 aliphatic carbocycles. The molecule has 0 aliphatic heterocycles. The summed E-state index contributed by atoms with van der Waals surface area (Å²) in [4.78, 5) is 24.3. The molecule has 0 bridgehead atoms. The highest BCUT2D eigenvalue weighted by molar-refractivity contribution is 5.96. The van der Waals surface area contributed by atoms with Crippen molar-refractivity contribution >= 4 is 16.9 Å². The number of aliphatic hydroxyl groups is 1. The van der Waals surface area contributed by atoms with Gasteiger partial charge in [0, 0.05) is 46.9 Å². The van der Waals surface area contributed by atoms with Crippen LogP contribution >= 0.6 is 0 Å². The molecule has 5 rings (SSSR count). The first kappa shape index (κ1) is 19.7. The molecular formula is C26H20N4O2. The van der Waals surface area contributed by atoms with Gasteiger partial charge in [0.25, 0.3) is 5.91 Å². The Morgan fingerprint density at radius 3 is 2.41 bits per heavy atom. The van der Waals surface area contributed by atoms with Gasteiger partial charge in [-0.3, -0.25) is 9.78 Å². The number of benzene rings is 2. The van der Waals surface area contributed by atoms with E-state index in [0.717, 1.165) is 33.3 Å². The minimum Gasteiger partial charge on any atom is -0.372 e. The van der Waals surface area contributed by atoms with E-state index in [9.17, 15) is 9.90 Å². The zero-order valence-corrected chi connectivity index (χ0v) is 17.1. The summed E-state index contributed by atoms with van der Waals surface area (Å²) in [5.74, 6) is -0.833. The molecule has 32 heavy (non-hydrogen) atoms. The van der Waals surface area contributed by atoms with E-state index in [1.807, 2.05) is 30.5 Å². The molecule has 6 heteroatoms. The number of carbonyl (C=O) groups excluding carboxylic acids is 1. The Labute approximate surface area is 184 Å². The molecule has 5 aromatic rings. The molecule has 4 N–H and O–H groups in total. The van der Waals surface area contributed by atoms with E-state index in [2.05, 4.69) is 21.0 Å².